The van der Waals surface area contributed by atoms with Crippen molar-refractivity contribution in [2.75, 3.05) is 0 Å². The highest BCUT2D eigenvalue weighted by atomic mass is 16.3. The quantitative estimate of drug-likeness (QED) is 0.634. The summed E-state index contributed by atoms with van der Waals surface area (Å²) in [7, 11) is 0. The monoisotopic (exact) mass is 171 g/mol. The number of hydrogen-bond donors (Lipinski definition) is 2. The first-order valence-corrected chi connectivity index (χ1v) is 4.55. The van der Waals surface area contributed by atoms with Gasteiger partial charge in [0.25, 0.3) is 0 Å². The highest BCUT2D eigenvalue weighted by molar-refractivity contribution is 5.80. The first kappa shape index (κ1) is 9.68. The van der Waals surface area contributed by atoms with E-state index in [1.165, 1.54) is 6.92 Å². The second-order valence-electron chi connectivity index (χ2n) is 3.73. The van der Waals surface area contributed by atoms with Gasteiger partial charge in [0.15, 0.2) is 5.78 Å². The minimum absolute atomic E-state index is 0.115. The first-order valence-electron chi connectivity index (χ1n) is 4.55. The number of carbonyl (C=O) groups excluding carboxylic acids is 1. The molecule has 0 saturated heterocycles. The van der Waals surface area contributed by atoms with E-state index >= 15 is 0 Å². The molecule has 1 saturated carbocycles. The number of rotatable bonds is 2. The van der Waals surface area contributed by atoms with Crippen LogP contribution >= 0.6 is 0 Å². The van der Waals surface area contributed by atoms with Crippen LogP contribution in [0.25, 0.3) is 0 Å². The normalized spacial score (nSPS) is 32.9. The second-order valence-corrected chi connectivity index (χ2v) is 3.73. The predicted octanol–water partition coefficient (Wildman–Crippen LogP) is 0.454. The Kier molecular flexibility index (Phi) is 3.23. The van der Waals surface area contributed by atoms with Crippen molar-refractivity contribution in [1.29, 1.82) is 0 Å². The van der Waals surface area contributed by atoms with Crippen LogP contribution in [-0.4, -0.2) is 23.0 Å². The highest BCUT2D eigenvalue weighted by Crippen LogP contribution is 2.26. The molecule has 12 heavy (non-hydrogen) atoms. The molecule has 3 N–H and O–H groups in total. The summed E-state index contributed by atoms with van der Waals surface area (Å²) in [6, 6.07) is 0.278. The predicted molar refractivity (Wildman–Crippen MR) is 46.6 cm³/mol. The van der Waals surface area contributed by atoms with E-state index in [1.807, 2.05) is 0 Å². The lowest BCUT2D eigenvalue weighted by molar-refractivity contribution is -0.128. The number of nitrogens with two attached hydrogens (primary N) is 1. The van der Waals surface area contributed by atoms with Crippen LogP contribution in [0.3, 0.4) is 0 Å². The molecular weight excluding hydrogens is 154 g/mol. The lowest BCUT2D eigenvalue weighted by atomic mass is 9.82. The van der Waals surface area contributed by atoms with Crippen molar-refractivity contribution in [3.63, 3.8) is 0 Å². The zero-order valence-electron chi connectivity index (χ0n) is 7.49. The van der Waals surface area contributed by atoms with Crippen molar-refractivity contribution in [1.82, 2.24) is 0 Å². The zero-order chi connectivity index (χ0) is 9.14. The molecule has 0 aromatic heterocycles. The van der Waals surface area contributed by atoms with Crippen molar-refractivity contribution in [2.24, 2.45) is 11.7 Å². The lowest BCUT2D eigenvalue weighted by Gasteiger charge is -2.28. The average molecular weight is 171 g/mol. The van der Waals surface area contributed by atoms with Crippen molar-refractivity contribution in [3.05, 3.63) is 0 Å². The third kappa shape index (κ3) is 2.29. The summed E-state index contributed by atoms with van der Waals surface area (Å²) in [6.07, 6.45) is 2.91. The molecule has 0 unspecified atom stereocenters. The fraction of sp³-hybridized carbons (Fsp3) is 0.889. The molecule has 3 heteroatoms. The molecule has 0 radical (unpaired) electrons. The van der Waals surface area contributed by atoms with Gasteiger partial charge in [0, 0.05) is 6.04 Å². The molecule has 3 nitrogen and oxygen atoms in total. The molecule has 1 atom stereocenters. The number of Topliss-reactive ketones (excluding diaryl/α,β-unsaturated/α-hetero) is 1. The number of aliphatic hydroxyl groups is 1. The number of hydrogen-bond acceptors (Lipinski definition) is 3. The molecule has 0 spiro atoms. The molecule has 1 aliphatic rings. The molecule has 70 valence electrons. The molecule has 1 rings (SSSR count). The van der Waals surface area contributed by atoms with E-state index in [9.17, 15) is 9.90 Å². The fourth-order valence-electron chi connectivity index (χ4n) is 1.79. The SMILES string of the molecule is CC(=O)[C@@H](O)C1CCC(N)CC1. The third-order valence-corrected chi connectivity index (χ3v) is 2.68. The maximum Gasteiger partial charge on any atom is 0.158 e. The number of ketones is 1. The number of aliphatic hydroxyl groups excluding tert-OH is 1. The van der Waals surface area contributed by atoms with Gasteiger partial charge < -0.3 is 10.8 Å². The van der Waals surface area contributed by atoms with Crippen LogP contribution in [0.5, 0.6) is 0 Å². The average Bonchev–Trinajstić information content (AvgIpc) is 2.04. The lowest BCUT2D eigenvalue weighted by Crippen LogP contribution is -2.34. The topological polar surface area (TPSA) is 63.3 Å². The van der Waals surface area contributed by atoms with Crippen LogP contribution < -0.4 is 5.73 Å². The van der Waals surface area contributed by atoms with Gasteiger partial charge in [-0.1, -0.05) is 0 Å². The Morgan fingerprint density at radius 2 is 1.92 bits per heavy atom. The van der Waals surface area contributed by atoms with Crippen molar-refractivity contribution < 1.29 is 9.90 Å². The van der Waals surface area contributed by atoms with E-state index in [2.05, 4.69) is 0 Å². The van der Waals surface area contributed by atoms with Crippen LogP contribution in [0.4, 0.5) is 0 Å². The van der Waals surface area contributed by atoms with Gasteiger partial charge in [0.2, 0.25) is 0 Å². The molecule has 0 aromatic rings. The van der Waals surface area contributed by atoms with E-state index in [0.29, 0.717) is 0 Å². The van der Waals surface area contributed by atoms with Crippen molar-refractivity contribution >= 4 is 5.78 Å². The standard InChI is InChI=1S/C9H17NO2/c1-6(11)9(12)7-2-4-8(10)5-3-7/h7-9,12H,2-5,10H2,1H3/t7?,8?,9-/m1/s1. The highest BCUT2D eigenvalue weighted by Gasteiger charge is 2.27. The minimum atomic E-state index is -0.752. The Hall–Kier alpha value is -0.410. The van der Waals surface area contributed by atoms with Crippen molar-refractivity contribution in [3.8, 4) is 0 Å². The summed E-state index contributed by atoms with van der Waals surface area (Å²) in [4.78, 5) is 10.8. The summed E-state index contributed by atoms with van der Waals surface area (Å²) in [6.45, 7) is 1.44. The maximum absolute atomic E-state index is 10.8. The van der Waals surface area contributed by atoms with Gasteiger partial charge in [-0.25, -0.2) is 0 Å². The van der Waals surface area contributed by atoms with E-state index < -0.39 is 6.10 Å². The van der Waals surface area contributed by atoms with Crippen molar-refractivity contribution in [2.45, 2.75) is 44.8 Å². The molecule has 1 aliphatic carbocycles. The van der Waals surface area contributed by atoms with Gasteiger partial charge in [0.1, 0.15) is 6.10 Å². The van der Waals surface area contributed by atoms with E-state index in [4.69, 9.17) is 5.73 Å². The Labute approximate surface area is 72.9 Å². The fourth-order valence-corrected chi connectivity index (χ4v) is 1.79. The van der Waals surface area contributed by atoms with Gasteiger partial charge in [-0.15, -0.1) is 0 Å². The van der Waals surface area contributed by atoms with Crippen LogP contribution in [0.1, 0.15) is 32.6 Å². The third-order valence-electron chi connectivity index (χ3n) is 2.68. The second kappa shape index (κ2) is 4.01. The summed E-state index contributed by atoms with van der Waals surface area (Å²) in [5.74, 6) is 0.0396. The largest absolute Gasteiger partial charge is 0.385 e. The molecule has 0 aliphatic heterocycles. The molecular formula is C9H17NO2. The van der Waals surface area contributed by atoms with E-state index in [1.54, 1.807) is 0 Å². The Morgan fingerprint density at radius 3 is 2.33 bits per heavy atom. The maximum atomic E-state index is 10.8. The molecule has 0 aromatic carbocycles. The minimum Gasteiger partial charge on any atom is -0.385 e. The Balaban J connectivity index is 2.39. The Bertz CT molecular complexity index is 162. The van der Waals surface area contributed by atoms with Crippen LogP contribution in [0.2, 0.25) is 0 Å². The van der Waals surface area contributed by atoms with Gasteiger partial charge in [0.05, 0.1) is 0 Å². The van der Waals surface area contributed by atoms with Gasteiger partial charge in [-0.05, 0) is 38.5 Å². The number of carbonyl (C=O) groups is 1. The van der Waals surface area contributed by atoms with Gasteiger partial charge in [-0.3, -0.25) is 4.79 Å². The van der Waals surface area contributed by atoms with Crippen LogP contribution in [0.15, 0.2) is 0 Å². The summed E-state index contributed by atoms with van der Waals surface area (Å²) in [5.41, 5.74) is 5.71. The zero-order valence-corrected chi connectivity index (χ0v) is 7.49. The van der Waals surface area contributed by atoms with Crippen LogP contribution in [0, 0.1) is 5.92 Å². The molecule has 0 bridgehead atoms. The van der Waals surface area contributed by atoms with E-state index in [0.717, 1.165) is 25.7 Å². The molecule has 1 fully saturated rings. The molecule has 0 heterocycles. The molecule has 0 amide bonds. The van der Waals surface area contributed by atoms with Crippen LogP contribution in [-0.2, 0) is 4.79 Å². The van der Waals surface area contributed by atoms with Gasteiger partial charge >= 0.3 is 0 Å². The summed E-state index contributed by atoms with van der Waals surface area (Å²) in [5, 5.41) is 9.45. The Morgan fingerprint density at radius 1 is 1.42 bits per heavy atom. The first-order chi connectivity index (χ1) is 5.61. The van der Waals surface area contributed by atoms with E-state index in [-0.39, 0.29) is 17.7 Å². The summed E-state index contributed by atoms with van der Waals surface area (Å²) < 4.78 is 0. The van der Waals surface area contributed by atoms with Gasteiger partial charge in [-0.2, -0.15) is 0 Å². The summed E-state index contributed by atoms with van der Waals surface area (Å²) >= 11 is 0. The smallest absolute Gasteiger partial charge is 0.158 e.